The van der Waals surface area contributed by atoms with Crippen molar-refractivity contribution < 1.29 is 19.1 Å². The van der Waals surface area contributed by atoms with Crippen molar-refractivity contribution in [2.45, 2.75) is 26.2 Å². The summed E-state index contributed by atoms with van der Waals surface area (Å²) in [6, 6.07) is 11.2. The van der Waals surface area contributed by atoms with E-state index in [-0.39, 0.29) is 29.2 Å². The normalized spacial score (nSPS) is 16.0. The molecule has 6 nitrogen and oxygen atoms in total. The minimum atomic E-state index is -0.634. The number of carbonyl (C=O) groups excluding carboxylic acids is 2. The second-order valence-corrected chi connectivity index (χ2v) is 7.06. The summed E-state index contributed by atoms with van der Waals surface area (Å²) in [5.74, 6) is -0.712. The summed E-state index contributed by atoms with van der Waals surface area (Å²) in [5, 5.41) is 0. The van der Waals surface area contributed by atoms with Gasteiger partial charge < -0.3 is 14.4 Å². The summed E-state index contributed by atoms with van der Waals surface area (Å²) in [5.41, 5.74) is 2.99. The number of nitrogens with zero attached hydrogens (tertiary/aromatic N) is 2. The molecule has 2 heterocycles. The predicted octanol–water partition coefficient (Wildman–Crippen LogP) is 3.52. The van der Waals surface area contributed by atoms with Crippen LogP contribution in [-0.4, -0.2) is 37.0 Å². The molecule has 1 aliphatic rings. The van der Waals surface area contributed by atoms with Gasteiger partial charge in [-0.15, -0.1) is 0 Å². The highest BCUT2D eigenvalue weighted by Crippen LogP contribution is 2.46. The van der Waals surface area contributed by atoms with Gasteiger partial charge in [0.1, 0.15) is 5.56 Å². The van der Waals surface area contributed by atoms with Crippen LogP contribution in [0, 0.1) is 0 Å². The monoisotopic (exact) mass is 380 g/mol. The third-order valence-electron chi connectivity index (χ3n) is 4.86. The van der Waals surface area contributed by atoms with Gasteiger partial charge in [0.05, 0.1) is 6.61 Å². The zero-order valence-electron chi connectivity index (χ0n) is 16.6. The third kappa shape index (κ3) is 3.63. The minimum Gasteiger partial charge on any atom is -0.477 e. The lowest BCUT2D eigenvalue weighted by molar-refractivity contribution is -0.117. The first-order chi connectivity index (χ1) is 13.4. The Morgan fingerprint density at radius 2 is 1.93 bits per heavy atom. The van der Waals surface area contributed by atoms with Gasteiger partial charge in [0, 0.05) is 36.1 Å². The molecule has 1 aliphatic heterocycles. The Kier molecular flexibility index (Phi) is 5.49. The quantitative estimate of drug-likeness (QED) is 0.564. The van der Waals surface area contributed by atoms with Crippen LogP contribution in [0.2, 0.25) is 0 Å². The average Bonchev–Trinajstić information content (AvgIpc) is 2.88. The number of pyridine rings is 1. The lowest BCUT2D eigenvalue weighted by Crippen LogP contribution is -2.25. The molecule has 0 atom stereocenters. The summed E-state index contributed by atoms with van der Waals surface area (Å²) in [6.07, 6.45) is 3.09. The Morgan fingerprint density at radius 1 is 1.18 bits per heavy atom. The van der Waals surface area contributed by atoms with Crippen molar-refractivity contribution in [1.82, 2.24) is 4.98 Å². The van der Waals surface area contributed by atoms with Gasteiger partial charge in [-0.2, -0.15) is 0 Å². The number of hydrogen-bond donors (Lipinski definition) is 0. The zero-order valence-corrected chi connectivity index (χ0v) is 16.6. The van der Waals surface area contributed by atoms with Crippen LogP contribution in [-0.2, 0) is 14.9 Å². The maximum Gasteiger partial charge on any atom is 0.344 e. The van der Waals surface area contributed by atoms with E-state index in [1.54, 1.807) is 25.1 Å². The molecule has 0 unspecified atom stereocenters. The molecule has 0 saturated heterocycles. The number of ketones is 1. The van der Waals surface area contributed by atoms with Crippen molar-refractivity contribution in [3.8, 4) is 5.88 Å². The number of hydrogen-bond acceptors (Lipinski definition) is 6. The maximum atomic E-state index is 12.5. The number of rotatable bonds is 6. The molecule has 146 valence electrons. The number of para-hydroxylation sites is 1. The van der Waals surface area contributed by atoms with Crippen LogP contribution in [0.5, 0.6) is 5.88 Å². The van der Waals surface area contributed by atoms with E-state index in [2.05, 4.69) is 24.9 Å². The number of aromatic nitrogens is 1. The Hall–Kier alpha value is -3.15. The van der Waals surface area contributed by atoms with Crippen molar-refractivity contribution in [3.05, 3.63) is 65.5 Å². The van der Waals surface area contributed by atoms with Crippen LogP contribution < -0.4 is 9.64 Å². The first-order valence-electron chi connectivity index (χ1n) is 9.19. The molecule has 0 aliphatic carbocycles. The molecule has 0 N–H and O–H groups in total. The molecule has 28 heavy (non-hydrogen) atoms. The van der Waals surface area contributed by atoms with Gasteiger partial charge in [0.15, 0.2) is 12.4 Å². The van der Waals surface area contributed by atoms with Gasteiger partial charge in [0.25, 0.3) is 0 Å². The fourth-order valence-electron chi connectivity index (χ4n) is 3.47. The van der Waals surface area contributed by atoms with E-state index in [0.717, 1.165) is 16.9 Å². The molecule has 1 aromatic heterocycles. The van der Waals surface area contributed by atoms with Crippen molar-refractivity contribution >= 4 is 17.4 Å². The second-order valence-electron chi connectivity index (χ2n) is 7.06. The van der Waals surface area contributed by atoms with E-state index in [1.807, 2.05) is 30.1 Å². The van der Waals surface area contributed by atoms with Crippen LogP contribution in [0.4, 0.5) is 5.69 Å². The summed E-state index contributed by atoms with van der Waals surface area (Å²) < 4.78 is 10.5. The van der Waals surface area contributed by atoms with E-state index in [9.17, 15) is 9.59 Å². The lowest BCUT2D eigenvalue weighted by atomic mass is 9.83. The van der Waals surface area contributed by atoms with E-state index in [1.165, 1.54) is 6.20 Å². The Bertz CT molecular complexity index is 934. The molecule has 0 spiro atoms. The largest absolute Gasteiger partial charge is 0.477 e. The third-order valence-corrected chi connectivity index (χ3v) is 4.86. The second kappa shape index (κ2) is 7.84. The maximum absolute atomic E-state index is 12.5. The number of esters is 1. The topological polar surface area (TPSA) is 68.7 Å². The van der Waals surface area contributed by atoms with E-state index in [0.29, 0.717) is 6.61 Å². The van der Waals surface area contributed by atoms with Crippen molar-refractivity contribution in [3.63, 3.8) is 0 Å². The fourth-order valence-corrected chi connectivity index (χ4v) is 3.47. The number of likely N-dealkylation sites (N-methyl/N-ethyl adjacent to an activating group) is 1. The van der Waals surface area contributed by atoms with Gasteiger partial charge in [-0.1, -0.05) is 32.0 Å². The summed E-state index contributed by atoms with van der Waals surface area (Å²) in [6.45, 7) is 5.99. The Labute approximate surface area is 164 Å². The average molecular weight is 380 g/mol. The van der Waals surface area contributed by atoms with Crippen molar-refractivity contribution in [1.29, 1.82) is 0 Å². The van der Waals surface area contributed by atoms with Gasteiger partial charge in [-0.05, 0) is 30.7 Å². The number of fused-ring (bicyclic) bond motifs is 1. The molecule has 0 fully saturated rings. The lowest BCUT2D eigenvalue weighted by Gasteiger charge is -2.23. The highest BCUT2D eigenvalue weighted by atomic mass is 16.5. The summed E-state index contributed by atoms with van der Waals surface area (Å²) in [7, 11) is 1.93. The molecule has 0 saturated carbocycles. The van der Waals surface area contributed by atoms with Crippen LogP contribution in [0.25, 0.3) is 0 Å². The Morgan fingerprint density at radius 3 is 2.64 bits per heavy atom. The molecule has 3 rings (SSSR count). The SMILES string of the molecule is CCOc1ncccc1C(=O)OCC(=O)C=C1N(C)c2ccccc2C1(C)C. The van der Waals surface area contributed by atoms with Crippen LogP contribution in [0.3, 0.4) is 0 Å². The van der Waals surface area contributed by atoms with Gasteiger partial charge in [-0.25, -0.2) is 9.78 Å². The van der Waals surface area contributed by atoms with Crippen LogP contribution in [0.1, 0.15) is 36.7 Å². The van der Waals surface area contributed by atoms with Gasteiger partial charge in [0.2, 0.25) is 5.88 Å². The molecule has 6 heteroatoms. The first kappa shape index (κ1) is 19.6. The van der Waals surface area contributed by atoms with E-state index in [4.69, 9.17) is 9.47 Å². The molecule has 1 aromatic carbocycles. The van der Waals surface area contributed by atoms with Crippen LogP contribution >= 0.6 is 0 Å². The van der Waals surface area contributed by atoms with Crippen molar-refractivity contribution in [2.24, 2.45) is 0 Å². The number of allylic oxidation sites excluding steroid dienone is 1. The summed E-state index contributed by atoms with van der Waals surface area (Å²) >= 11 is 0. The zero-order chi connectivity index (χ0) is 20.3. The molecular formula is C22H24N2O4. The molecule has 0 radical (unpaired) electrons. The van der Waals surface area contributed by atoms with E-state index >= 15 is 0 Å². The molecular weight excluding hydrogens is 356 g/mol. The number of anilines is 1. The molecule has 2 aromatic rings. The molecule has 0 amide bonds. The number of ether oxygens (including phenoxy) is 2. The van der Waals surface area contributed by atoms with E-state index < -0.39 is 5.97 Å². The van der Waals surface area contributed by atoms with Gasteiger partial charge >= 0.3 is 5.97 Å². The minimum absolute atomic E-state index is 0.202. The van der Waals surface area contributed by atoms with Crippen molar-refractivity contribution in [2.75, 3.05) is 25.2 Å². The number of benzene rings is 1. The Balaban J connectivity index is 1.72. The fraction of sp³-hybridized carbons (Fsp3) is 0.318. The van der Waals surface area contributed by atoms with Crippen LogP contribution in [0.15, 0.2) is 54.4 Å². The van der Waals surface area contributed by atoms with Gasteiger partial charge in [-0.3, -0.25) is 4.79 Å². The number of carbonyl (C=O) groups is 2. The first-order valence-corrected chi connectivity index (χ1v) is 9.19. The smallest absolute Gasteiger partial charge is 0.344 e. The summed E-state index contributed by atoms with van der Waals surface area (Å²) in [4.78, 5) is 30.9. The molecule has 0 bridgehead atoms. The highest BCUT2D eigenvalue weighted by molar-refractivity contribution is 5.97. The standard InChI is InChI=1S/C22H24N2O4/c1-5-27-20-16(9-8-12-23-20)21(26)28-14-15(25)13-19-22(2,3)17-10-6-7-11-18(17)24(19)4/h6-13H,5,14H2,1-4H3. The predicted molar refractivity (Wildman–Crippen MR) is 107 cm³/mol. The highest BCUT2D eigenvalue weighted by Gasteiger charge is 2.38.